The maximum absolute atomic E-state index is 15.6. The van der Waals surface area contributed by atoms with Crippen LogP contribution in [0.15, 0.2) is 108 Å². The van der Waals surface area contributed by atoms with E-state index in [-0.39, 0.29) is 34.2 Å². The van der Waals surface area contributed by atoms with Crippen LogP contribution in [0.4, 0.5) is 20.6 Å². The smallest absolute Gasteiger partial charge is 0.338 e. The first-order valence-electron chi connectivity index (χ1n) is 17.3. The molecule has 0 radical (unpaired) electrons. The van der Waals surface area contributed by atoms with Crippen LogP contribution in [0.2, 0.25) is 0 Å². The summed E-state index contributed by atoms with van der Waals surface area (Å²) in [5.74, 6) is -3.62. The summed E-state index contributed by atoms with van der Waals surface area (Å²) in [6.07, 6.45) is -0.450. The van der Waals surface area contributed by atoms with Gasteiger partial charge in [0, 0.05) is 23.9 Å². The molecule has 1 saturated heterocycles. The molecule has 15 heteroatoms. The number of urea groups is 1. The highest BCUT2D eigenvalue weighted by atomic mass is 32.2. The van der Waals surface area contributed by atoms with E-state index in [0.29, 0.717) is 5.69 Å². The molecule has 0 bridgehead atoms. The van der Waals surface area contributed by atoms with Crippen molar-refractivity contribution in [3.05, 3.63) is 126 Å². The van der Waals surface area contributed by atoms with E-state index in [4.69, 9.17) is 9.47 Å². The van der Waals surface area contributed by atoms with Gasteiger partial charge >= 0.3 is 18.0 Å². The lowest BCUT2D eigenvalue weighted by molar-refractivity contribution is -0.164. The third-order valence-electron chi connectivity index (χ3n) is 8.50. The maximum atomic E-state index is 15.6. The second-order valence-corrected chi connectivity index (χ2v) is 16.0. The molecule has 13 nitrogen and oxygen atoms in total. The molecule has 1 fully saturated rings. The fraction of sp³-hybridized carbons (Fsp3) is 0.275. The van der Waals surface area contributed by atoms with Gasteiger partial charge in [-0.15, -0.1) is 0 Å². The third-order valence-corrected chi connectivity index (χ3v) is 10.7. The number of rotatable bonds is 11. The number of anilines is 2. The molecule has 0 aromatic heterocycles. The predicted molar refractivity (Wildman–Crippen MR) is 201 cm³/mol. The fourth-order valence-electron chi connectivity index (χ4n) is 6.16. The van der Waals surface area contributed by atoms with Gasteiger partial charge in [-0.1, -0.05) is 54.6 Å². The van der Waals surface area contributed by atoms with Crippen molar-refractivity contribution in [1.29, 1.82) is 0 Å². The highest BCUT2D eigenvalue weighted by Crippen LogP contribution is 2.44. The van der Waals surface area contributed by atoms with E-state index >= 15 is 4.39 Å². The molecule has 5 rings (SSSR count). The molecule has 4 aromatic rings. The lowest BCUT2D eigenvalue weighted by atomic mass is 10.0. The zero-order valence-corrected chi connectivity index (χ0v) is 31.4. The molecule has 3 N–H and O–H groups in total. The van der Waals surface area contributed by atoms with E-state index in [0.717, 1.165) is 16.5 Å². The molecule has 1 aliphatic rings. The van der Waals surface area contributed by atoms with Crippen LogP contribution in [0, 0.1) is 5.82 Å². The zero-order valence-electron chi connectivity index (χ0n) is 30.6. The van der Waals surface area contributed by atoms with Crippen molar-refractivity contribution in [2.24, 2.45) is 0 Å². The quantitative estimate of drug-likeness (QED) is 0.159. The second-order valence-electron chi connectivity index (χ2n) is 13.8. The van der Waals surface area contributed by atoms with Gasteiger partial charge in [0.25, 0.3) is 0 Å². The van der Waals surface area contributed by atoms with Crippen molar-refractivity contribution in [2.45, 2.75) is 68.6 Å². The van der Waals surface area contributed by atoms with Gasteiger partial charge in [0.05, 0.1) is 28.3 Å². The fourth-order valence-corrected chi connectivity index (χ4v) is 8.08. The minimum Gasteiger partial charge on any atom is -0.458 e. The predicted octanol–water partition coefficient (Wildman–Crippen LogP) is 5.79. The largest absolute Gasteiger partial charge is 0.458 e. The van der Waals surface area contributed by atoms with E-state index in [2.05, 4.69) is 16.0 Å². The number of esters is 2. The summed E-state index contributed by atoms with van der Waals surface area (Å²) in [6.45, 7) is 5.43. The first-order valence-corrected chi connectivity index (χ1v) is 18.8. The number of ether oxygens (including phenoxy) is 2. The first-order chi connectivity index (χ1) is 26.0. The number of nitrogens with one attached hydrogen (secondary N) is 3. The third kappa shape index (κ3) is 10.1. The van der Waals surface area contributed by atoms with Gasteiger partial charge in [-0.2, -0.15) is 0 Å². The van der Waals surface area contributed by atoms with E-state index in [9.17, 15) is 32.4 Å². The van der Waals surface area contributed by atoms with Gasteiger partial charge in [0.1, 0.15) is 24.1 Å². The Morgan fingerprint density at radius 1 is 0.836 bits per heavy atom. The highest BCUT2D eigenvalue weighted by Gasteiger charge is 2.54. The van der Waals surface area contributed by atoms with Crippen LogP contribution in [0.1, 0.15) is 61.6 Å². The summed E-state index contributed by atoms with van der Waals surface area (Å²) in [5, 5.41) is 5.99. The SMILES string of the molecule is CC(=O)Nc1ccc(S(=O)(=O)C2CC(C(=O)OC(C)(C)C)N(C(=O)CNC(=O)Nc3cccc(C(=O)OCc4ccccc4)c3)C2c2ccccc2F)cc1. The van der Waals surface area contributed by atoms with Crippen LogP contribution in [0.3, 0.4) is 0 Å². The molecular weight excluding hydrogens is 732 g/mol. The monoisotopic (exact) mass is 772 g/mol. The van der Waals surface area contributed by atoms with Crippen molar-refractivity contribution in [3.63, 3.8) is 0 Å². The summed E-state index contributed by atoms with van der Waals surface area (Å²) in [7, 11) is -4.40. The number of carbonyl (C=O) groups is 5. The van der Waals surface area contributed by atoms with Crippen molar-refractivity contribution in [2.75, 3.05) is 17.2 Å². The standard InChI is InChI=1S/C40H41FN4O9S/c1-25(46)43-28-17-19-30(20-18-28)55(51,52)34-22-33(38(49)54-40(2,3)4)45(36(34)31-15-8-9-16-32(31)41)35(47)23-42-39(50)44-29-14-10-13-27(21-29)37(48)53-24-26-11-6-5-7-12-26/h5-21,33-34,36H,22-24H2,1-4H3,(H,43,46)(H2,42,44,50). The molecule has 1 aliphatic heterocycles. The minimum atomic E-state index is -4.40. The average Bonchev–Trinajstić information content (AvgIpc) is 3.55. The Kier molecular flexibility index (Phi) is 12.3. The Morgan fingerprint density at radius 2 is 1.51 bits per heavy atom. The molecular formula is C40H41FN4O9S. The molecule has 1 heterocycles. The van der Waals surface area contributed by atoms with Crippen LogP contribution in [0.5, 0.6) is 0 Å². The number of amides is 4. The summed E-state index contributed by atoms with van der Waals surface area (Å²) < 4.78 is 55.2. The van der Waals surface area contributed by atoms with Crippen LogP contribution >= 0.6 is 0 Å². The summed E-state index contributed by atoms with van der Waals surface area (Å²) >= 11 is 0. The summed E-state index contributed by atoms with van der Waals surface area (Å²) in [6, 6.07) is 21.8. The number of likely N-dealkylation sites (tertiary alicyclic amines) is 1. The number of nitrogens with zero attached hydrogens (tertiary/aromatic N) is 1. The van der Waals surface area contributed by atoms with Crippen LogP contribution < -0.4 is 16.0 Å². The summed E-state index contributed by atoms with van der Waals surface area (Å²) in [5.41, 5.74) is 0.297. The molecule has 288 valence electrons. The second kappa shape index (κ2) is 16.9. The van der Waals surface area contributed by atoms with Gasteiger partial charge in [-0.3, -0.25) is 9.59 Å². The van der Waals surface area contributed by atoms with Crippen LogP contribution in [-0.4, -0.2) is 66.5 Å². The number of hydrogen-bond acceptors (Lipinski definition) is 9. The minimum absolute atomic E-state index is 0.0433. The number of benzene rings is 4. The number of sulfone groups is 1. The van der Waals surface area contributed by atoms with Crippen molar-refractivity contribution in [1.82, 2.24) is 10.2 Å². The molecule has 3 atom stereocenters. The highest BCUT2D eigenvalue weighted by molar-refractivity contribution is 7.92. The topological polar surface area (TPSA) is 177 Å². The van der Waals surface area contributed by atoms with Gasteiger partial charge in [-0.25, -0.2) is 27.2 Å². The lowest BCUT2D eigenvalue weighted by Crippen LogP contribution is -2.49. The Bertz CT molecular complexity index is 2170. The Morgan fingerprint density at radius 3 is 2.16 bits per heavy atom. The van der Waals surface area contributed by atoms with Crippen molar-refractivity contribution < 1.29 is 46.3 Å². The Labute approximate surface area is 318 Å². The average molecular weight is 773 g/mol. The van der Waals surface area contributed by atoms with E-state index in [1.165, 1.54) is 73.7 Å². The van der Waals surface area contributed by atoms with Crippen molar-refractivity contribution in [3.8, 4) is 0 Å². The molecule has 55 heavy (non-hydrogen) atoms. The van der Waals surface area contributed by atoms with E-state index < -0.39 is 75.4 Å². The molecule has 0 spiro atoms. The van der Waals surface area contributed by atoms with Crippen LogP contribution in [0.25, 0.3) is 0 Å². The van der Waals surface area contributed by atoms with Gasteiger partial charge in [0.2, 0.25) is 11.8 Å². The van der Waals surface area contributed by atoms with Gasteiger partial charge < -0.3 is 30.3 Å². The van der Waals surface area contributed by atoms with Gasteiger partial charge in [-0.05, 0) is 81.3 Å². The van der Waals surface area contributed by atoms with Crippen molar-refractivity contribution >= 4 is 51.0 Å². The molecule has 0 aliphatic carbocycles. The Balaban J connectivity index is 1.39. The number of halogens is 1. The first kappa shape index (κ1) is 40.1. The number of hydrogen-bond donors (Lipinski definition) is 3. The normalized spacial score (nSPS) is 16.8. The zero-order chi connectivity index (χ0) is 39.9. The van der Waals surface area contributed by atoms with Gasteiger partial charge in [0.15, 0.2) is 9.84 Å². The molecule has 4 aromatic carbocycles. The maximum Gasteiger partial charge on any atom is 0.338 e. The van der Waals surface area contributed by atoms with Crippen LogP contribution in [-0.2, 0) is 40.3 Å². The lowest BCUT2D eigenvalue weighted by Gasteiger charge is -2.32. The molecule has 0 saturated carbocycles. The van der Waals surface area contributed by atoms with E-state index in [1.54, 1.807) is 32.9 Å². The molecule has 4 amide bonds. The number of carbonyl (C=O) groups excluding carboxylic acids is 5. The molecule has 3 unspecified atom stereocenters. The van der Waals surface area contributed by atoms with E-state index in [1.807, 2.05) is 18.2 Å². The Hall–Kier alpha value is -6.09. The summed E-state index contributed by atoms with van der Waals surface area (Å²) in [4.78, 5) is 65.9.